The molecule has 15 heavy (non-hydrogen) atoms. The van der Waals surface area contributed by atoms with Crippen LogP contribution in [0.25, 0.3) is 0 Å². The highest BCUT2D eigenvalue weighted by Crippen LogP contribution is 2.13. The number of benzene rings is 1. The van der Waals surface area contributed by atoms with Gasteiger partial charge in [0.15, 0.2) is 0 Å². The van der Waals surface area contributed by atoms with Crippen LogP contribution in [0.2, 0.25) is 5.02 Å². The van der Waals surface area contributed by atoms with Crippen LogP contribution in [0.15, 0.2) is 24.3 Å². The third-order valence-corrected chi connectivity index (χ3v) is 3.08. The number of hydrogen-bond donors (Lipinski definition) is 0. The molecule has 0 aliphatic carbocycles. The third-order valence-electron chi connectivity index (χ3n) is 2.11. The standard InChI is InChI=1S/C12H16BrClO/c1-2-7-15-12(9-13)8-10-3-5-11(14)6-4-10/h3-6,12H,2,7-9H2,1H3. The van der Waals surface area contributed by atoms with E-state index in [1.807, 2.05) is 24.3 Å². The van der Waals surface area contributed by atoms with Gasteiger partial charge >= 0.3 is 0 Å². The lowest BCUT2D eigenvalue weighted by Gasteiger charge is -2.14. The van der Waals surface area contributed by atoms with Crippen LogP contribution in [-0.4, -0.2) is 18.0 Å². The predicted octanol–water partition coefficient (Wildman–Crippen LogP) is 4.07. The summed E-state index contributed by atoms with van der Waals surface area (Å²) in [7, 11) is 0. The molecule has 0 aliphatic heterocycles. The summed E-state index contributed by atoms with van der Waals surface area (Å²) < 4.78 is 5.69. The molecule has 0 aliphatic rings. The summed E-state index contributed by atoms with van der Waals surface area (Å²) in [4.78, 5) is 0. The maximum Gasteiger partial charge on any atom is 0.0712 e. The molecule has 0 N–H and O–H groups in total. The molecule has 1 atom stereocenters. The molecule has 0 bridgehead atoms. The molecule has 1 aromatic carbocycles. The Bertz CT molecular complexity index is 273. The zero-order chi connectivity index (χ0) is 11.1. The van der Waals surface area contributed by atoms with Gasteiger partial charge in [-0.2, -0.15) is 0 Å². The Morgan fingerprint density at radius 2 is 2.00 bits per heavy atom. The summed E-state index contributed by atoms with van der Waals surface area (Å²) in [6.45, 7) is 2.94. The molecule has 0 radical (unpaired) electrons. The maximum absolute atomic E-state index is 5.83. The Kier molecular flexibility index (Phi) is 6.30. The Morgan fingerprint density at radius 3 is 2.53 bits per heavy atom. The number of ether oxygens (including phenoxy) is 1. The van der Waals surface area contributed by atoms with Crippen molar-refractivity contribution in [3.8, 4) is 0 Å². The van der Waals surface area contributed by atoms with Crippen molar-refractivity contribution >= 4 is 27.5 Å². The molecule has 0 saturated carbocycles. The van der Waals surface area contributed by atoms with Gasteiger partial charge in [0.1, 0.15) is 0 Å². The van der Waals surface area contributed by atoms with E-state index in [0.29, 0.717) is 0 Å². The highest BCUT2D eigenvalue weighted by Gasteiger charge is 2.07. The van der Waals surface area contributed by atoms with Crippen molar-refractivity contribution in [3.05, 3.63) is 34.9 Å². The average molecular weight is 292 g/mol. The van der Waals surface area contributed by atoms with Crippen LogP contribution in [0, 0.1) is 0 Å². The zero-order valence-corrected chi connectivity index (χ0v) is 11.2. The smallest absolute Gasteiger partial charge is 0.0712 e. The van der Waals surface area contributed by atoms with Crippen molar-refractivity contribution in [1.29, 1.82) is 0 Å². The van der Waals surface area contributed by atoms with E-state index in [-0.39, 0.29) is 6.10 Å². The summed E-state index contributed by atoms with van der Waals surface area (Å²) in [5, 5.41) is 1.65. The van der Waals surface area contributed by atoms with Gasteiger partial charge in [-0.05, 0) is 30.5 Å². The van der Waals surface area contributed by atoms with Gasteiger partial charge in [-0.25, -0.2) is 0 Å². The first kappa shape index (κ1) is 13.0. The van der Waals surface area contributed by atoms with Crippen LogP contribution in [0.5, 0.6) is 0 Å². The van der Waals surface area contributed by atoms with Crippen LogP contribution >= 0.6 is 27.5 Å². The molecule has 1 rings (SSSR count). The molecule has 0 fully saturated rings. The molecule has 1 nitrogen and oxygen atoms in total. The number of hydrogen-bond acceptors (Lipinski definition) is 1. The van der Waals surface area contributed by atoms with Gasteiger partial charge in [0.25, 0.3) is 0 Å². The molecule has 84 valence electrons. The lowest BCUT2D eigenvalue weighted by molar-refractivity contribution is 0.0709. The van der Waals surface area contributed by atoms with Gasteiger partial charge in [-0.1, -0.05) is 46.6 Å². The van der Waals surface area contributed by atoms with Crippen LogP contribution in [-0.2, 0) is 11.2 Å². The third kappa shape index (κ3) is 5.01. The largest absolute Gasteiger partial charge is 0.377 e. The van der Waals surface area contributed by atoms with Crippen molar-refractivity contribution in [3.63, 3.8) is 0 Å². The van der Waals surface area contributed by atoms with Crippen LogP contribution < -0.4 is 0 Å². The fourth-order valence-corrected chi connectivity index (χ4v) is 1.87. The topological polar surface area (TPSA) is 9.23 Å². The molecule has 3 heteroatoms. The van der Waals surface area contributed by atoms with Gasteiger partial charge in [0.2, 0.25) is 0 Å². The van der Waals surface area contributed by atoms with E-state index in [1.165, 1.54) is 5.56 Å². The Morgan fingerprint density at radius 1 is 1.33 bits per heavy atom. The van der Waals surface area contributed by atoms with Gasteiger partial charge in [0.05, 0.1) is 6.10 Å². The first-order valence-electron chi connectivity index (χ1n) is 5.18. The van der Waals surface area contributed by atoms with E-state index in [2.05, 4.69) is 22.9 Å². The average Bonchev–Trinajstić information content (AvgIpc) is 2.27. The second kappa shape index (κ2) is 7.26. The fourth-order valence-electron chi connectivity index (χ4n) is 1.33. The molecule has 0 aromatic heterocycles. The first-order valence-corrected chi connectivity index (χ1v) is 6.68. The minimum atomic E-state index is 0.256. The highest BCUT2D eigenvalue weighted by atomic mass is 79.9. The lowest BCUT2D eigenvalue weighted by atomic mass is 10.1. The van der Waals surface area contributed by atoms with Gasteiger partial charge in [-0.3, -0.25) is 0 Å². The SMILES string of the molecule is CCCOC(CBr)Cc1ccc(Cl)cc1. The minimum absolute atomic E-state index is 0.256. The van der Waals surface area contributed by atoms with Crippen LogP contribution in [0.1, 0.15) is 18.9 Å². The zero-order valence-electron chi connectivity index (χ0n) is 8.88. The molecular formula is C12H16BrClO. The quantitative estimate of drug-likeness (QED) is 0.718. The normalized spacial score (nSPS) is 12.7. The van der Waals surface area contributed by atoms with Crippen LogP contribution in [0.3, 0.4) is 0 Å². The van der Waals surface area contributed by atoms with E-state index < -0.39 is 0 Å². The summed E-state index contributed by atoms with van der Waals surface area (Å²) in [5.41, 5.74) is 1.26. The second-order valence-electron chi connectivity index (χ2n) is 3.48. The van der Waals surface area contributed by atoms with Crippen molar-refractivity contribution in [2.45, 2.75) is 25.9 Å². The van der Waals surface area contributed by atoms with E-state index >= 15 is 0 Å². The summed E-state index contributed by atoms with van der Waals surface area (Å²) >= 11 is 9.29. The van der Waals surface area contributed by atoms with Crippen molar-refractivity contribution < 1.29 is 4.74 Å². The number of alkyl halides is 1. The van der Waals surface area contributed by atoms with Gasteiger partial charge < -0.3 is 4.74 Å². The van der Waals surface area contributed by atoms with E-state index in [4.69, 9.17) is 16.3 Å². The molecule has 1 aromatic rings. The summed E-state index contributed by atoms with van der Waals surface area (Å²) in [6.07, 6.45) is 2.25. The summed E-state index contributed by atoms with van der Waals surface area (Å²) in [6, 6.07) is 7.94. The highest BCUT2D eigenvalue weighted by molar-refractivity contribution is 9.09. The molecule has 0 amide bonds. The molecule has 0 saturated heterocycles. The Labute approximate surface area is 105 Å². The summed E-state index contributed by atoms with van der Waals surface area (Å²) in [5.74, 6) is 0. The predicted molar refractivity (Wildman–Crippen MR) is 69.0 cm³/mol. The second-order valence-corrected chi connectivity index (χ2v) is 4.56. The van der Waals surface area contributed by atoms with Gasteiger partial charge in [-0.15, -0.1) is 0 Å². The first-order chi connectivity index (χ1) is 7.26. The monoisotopic (exact) mass is 290 g/mol. The lowest BCUT2D eigenvalue weighted by Crippen LogP contribution is -2.18. The van der Waals surface area contributed by atoms with E-state index in [9.17, 15) is 0 Å². The fraction of sp³-hybridized carbons (Fsp3) is 0.500. The van der Waals surface area contributed by atoms with Crippen molar-refractivity contribution in [2.24, 2.45) is 0 Å². The molecule has 1 unspecified atom stereocenters. The van der Waals surface area contributed by atoms with Crippen molar-refractivity contribution in [1.82, 2.24) is 0 Å². The van der Waals surface area contributed by atoms with Crippen LogP contribution in [0.4, 0.5) is 0 Å². The molecule has 0 heterocycles. The number of halogens is 2. The minimum Gasteiger partial charge on any atom is -0.377 e. The molecular weight excluding hydrogens is 275 g/mol. The van der Waals surface area contributed by atoms with E-state index in [1.54, 1.807) is 0 Å². The van der Waals surface area contributed by atoms with E-state index in [0.717, 1.165) is 29.8 Å². The number of rotatable bonds is 6. The molecule has 0 spiro atoms. The maximum atomic E-state index is 5.83. The van der Waals surface area contributed by atoms with Gasteiger partial charge in [0, 0.05) is 17.0 Å². The Balaban J connectivity index is 2.47. The Hall–Kier alpha value is -0.0500. The van der Waals surface area contributed by atoms with Crippen molar-refractivity contribution in [2.75, 3.05) is 11.9 Å².